The van der Waals surface area contributed by atoms with Crippen molar-refractivity contribution in [2.45, 2.75) is 20.4 Å². The Kier molecular flexibility index (Phi) is 7.05. The molecule has 0 fully saturated rings. The quantitative estimate of drug-likeness (QED) is 0.669. The SMILES string of the molecule is CCN(CCO)c1ccc(NCc2c(Cl)cc(Cl)cc2Cl)c(C)c1. The summed E-state index contributed by atoms with van der Waals surface area (Å²) in [4.78, 5) is 2.13. The summed E-state index contributed by atoms with van der Waals surface area (Å²) < 4.78 is 0. The van der Waals surface area contributed by atoms with E-state index in [-0.39, 0.29) is 6.61 Å². The van der Waals surface area contributed by atoms with Gasteiger partial charge >= 0.3 is 0 Å². The molecule has 2 rings (SSSR count). The van der Waals surface area contributed by atoms with Gasteiger partial charge in [-0.05, 0) is 49.7 Å². The van der Waals surface area contributed by atoms with Crippen molar-refractivity contribution in [3.63, 3.8) is 0 Å². The van der Waals surface area contributed by atoms with Crippen LogP contribution in [0.3, 0.4) is 0 Å². The van der Waals surface area contributed by atoms with Crippen LogP contribution in [0, 0.1) is 6.92 Å². The molecule has 0 bridgehead atoms. The maximum Gasteiger partial charge on any atom is 0.0606 e. The number of likely N-dealkylation sites (N-methyl/N-ethyl adjacent to an activating group) is 1. The van der Waals surface area contributed by atoms with Crippen molar-refractivity contribution in [2.75, 3.05) is 29.9 Å². The van der Waals surface area contributed by atoms with E-state index in [9.17, 15) is 0 Å². The number of nitrogens with zero attached hydrogens (tertiary/aromatic N) is 1. The first-order chi connectivity index (χ1) is 11.5. The van der Waals surface area contributed by atoms with Crippen LogP contribution in [0.5, 0.6) is 0 Å². The molecule has 24 heavy (non-hydrogen) atoms. The molecule has 0 saturated carbocycles. The highest BCUT2D eigenvalue weighted by Crippen LogP contribution is 2.30. The lowest BCUT2D eigenvalue weighted by atomic mass is 10.1. The average Bonchev–Trinajstić information content (AvgIpc) is 2.52. The fourth-order valence-electron chi connectivity index (χ4n) is 2.56. The minimum absolute atomic E-state index is 0.139. The first kappa shape index (κ1) is 19.2. The molecule has 2 aromatic rings. The number of aliphatic hydroxyl groups is 1. The van der Waals surface area contributed by atoms with Crippen LogP contribution in [0.2, 0.25) is 15.1 Å². The van der Waals surface area contributed by atoms with E-state index in [4.69, 9.17) is 39.9 Å². The zero-order valence-corrected chi connectivity index (χ0v) is 16.0. The van der Waals surface area contributed by atoms with Gasteiger partial charge < -0.3 is 15.3 Å². The van der Waals surface area contributed by atoms with E-state index in [0.29, 0.717) is 28.2 Å². The third-order valence-corrected chi connectivity index (χ3v) is 4.78. The average molecular weight is 388 g/mol. The van der Waals surface area contributed by atoms with Crippen molar-refractivity contribution in [1.29, 1.82) is 0 Å². The second kappa shape index (κ2) is 8.82. The predicted molar refractivity (Wildman–Crippen MR) is 105 cm³/mol. The van der Waals surface area contributed by atoms with Gasteiger partial charge in [0.05, 0.1) is 6.61 Å². The highest BCUT2D eigenvalue weighted by molar-refractivity contribution is 6.39. The predicted octanol–water partition coefficient (Wildman–Crippen LogP) is 5.39. The number of halogens is 3. The smallest absolute Gasteiger partial charge is 0.0606 e. The minimum Gasteiger partial charge on any atom is -0.395 e. The van der Waals surface area contributed by atoms with Gasteiger partial charge in [0.15, 0.2) is 0 Å². The monoisotopic (exact) mass is 386 g/mol. The molecule has 0 heterocycles. The fraction of sp³-hybridized carbons (Fsp3) is 0.333. The number of benzene rings is 2. The van der Waals surface area contributed by atoms with Gasteiger partial charge in [-0.15, -0.1) is 0 Å². The highest BCUT2D eigenvalue weighted by atomic mass is 35.5. The van der Waals surface area contributed by atoms with Crippen LogP contribution in [0.15, 0.2) is 30.3 Å². The summed E-state index contributed by atoms with van der Waals surface area (Å²) in [5.74, 6) is 0. The largest absolute Gasteiger partial charge is 0.395 e. The second-order valence-corrected chi connectivity index (χ2v) is 6.75. The molecule has 2 aromatic carbocycles. The van der Waals surface area contributed by atoms with Gasteiger partial charge in [-0.2, -0.15) is 0 Å². The summed E-state index contributed by atoms with van der Waals surface area (Å²) in [6, 6.07) is 9.56. The van der Waals surface area contributed by atoms with Gasteiger partial charge in [0.1, 0.15) is 0 Å². The van der Waals surface area contributed by atoms with Crippen LogP contribution in [0.4, 0.5) is 11.4 Å². The number of anilines is 2. The Balaban J connectivity index is 2.14. The summed E-state index contributed by atoms with van der Waals surface area (Å²) in [7, 11) is 0. The Bertz CT molecular complexity index is 684. The molecule has 0 saturated heterocycles. The van der Waals surface area contributed by atoms with Crippen molar-refractivity contribution in [2.24, 2.45) is 0 Å². The lowest BCUT2D eigenvalue weighted by molar-refractivity contribution is 0.302. The van der Waals surface area contributed by atoms with Crippen LogP contribution in [-0.2, 0) is 6.54 Å². The molecule has 0 aliphatic heterocycles. The van der Waals surface area contributed by atoms with Crippen molar-refractivity contribution in [3.8, 4) is 0 Å². The third-order valence-electron chi connectivity index (χ3n) is 3.89. The molecule has 0 aromatic heterocycles. The van der Waals surface area contributed by atoms with E-state index in [1.54, 1.807) is 12.1 Å². The van der Waals surface area contributed by atoms with Crippen LogP contribution in [-0.4, -0.2) is 24.8 Å². The van der Waals surface area contributed by atoms with E-state index < -0.39 is 0 Å². The number of hydrogen-bond acceptors (Lipinski definition) is 3. The summed E-state index contributed by atoms with van der Waals surface area (Å²) in [5.41, 5.74) is 4.05. The van der Waals surface area contributed by atoms with Gasteiger partial charge in [-0.3, -0.25) is 0 Å². The Hall–Kier alpha value is -1.13. The minimum atomic E-state index is 0.139. The molecule has 0 aliphatic rings. The zero-order valence-electron chi connectivity index (χ0n) is 13.7. The fourth-order valence-corrected chi connectivity index (χ4v) is 3.51. The lowest BCUT2D eigenvalue weighted by Gasteiger charge is -2.23. The Labute approximate surface area is 158 Å². The van der Waals surface area contributed by atoms with Crippen molar-refractivity contribution in [1.82, 2.24) is 0 Å². The summed E-state index contributed by atoms with van der Waals surface area (Å²) in [6.45, 7) is 6.25. The lowest BCUT2D eigenvalue weighted by Crippen LogP contribution is -2.26. The summed E-state index contributed by atoms with van der Waals surface area (Å²) >= 11 is 18.4. The van der Waals surface area contributed by atoms with Crippen molar-refractivity contribution < 1.29 is 5.11 Å². The van der Waals surface area contributed by atoms with Crippen LogP contribution in [0.1, 0.15) is 18.1 Å². The first-order valence-corrected chi connectivity index (χ1v) is 8.93. The molecule has 0 spiro atoms. The molecule has 0 atom stereocenters. The molecular formula is C18H21Cl3N2O. The van der Waals surface area contributed by atoms with Crippen molar-refractivity contribution >= 4 is 46.2 Å². The molecule has 2 N–H and O–H groups in total. The van der Waals surface area contributed by atoms with Gasteiger partial charge in [-0.1, -0.05) is 34.8 Å². The number of aryl methyl sites for hydroxylation is 1. The normalized spacial score (nSPS) is 10.8. The van der Waals surface area contributed by atoms with E-state index >= 15 is 0 Å². The van der Waals surface area contributed by atoms with E-state index in [1.807, 2.05) is 19.1 Å². The maximum atomic E-state index is 9.15. The second-order valence-electron chi connectivity index (χ2n) is 5.50. The molecule has 0 unspecified atom stereocenters. The summed E-state index contributed by atoms with van der Waals surface area (Å²) in [6.07, 6.45) is 0. The van der Waals surface area contributed by atoms with Crippen LogP contribution < -0.4 is 10.2 Å². The first-order valence-electron chi connectivity index (χ1n) is 7.80. The number of hydrogen-bond donors (Lipinski definition) is 2. The molecule has 6 heteroatoms. The Morgan fingerprint density at radius 1 is 1.08 bits per heavy atom. The molecule has 0 radical (unpaired) electrons. The molecular weight excluding hydrogens is 367 g/mol. The molecule has 3 nitrogen and oxygen atoms in total. The number of aliphatic hydroxyl groups excluding tert-OH is 1. The highest BCUT2D eigenvalue weighted by Gasteiger charge is 2.10. The number of rotatable bonds is 7. The van der Waals surface area contributed by atoms with Gasteiger partial charge in [0.25, 0.3) is 0 Å². The van der Waals surface area contributed by atoms with E-state index in [0.717, 1.165) is 29.0 Å². The van der Waals surface area contributed by atoms with E-state index in [2.05, 4.69) is 23.2 Å². The molecule has 0 amide bonds. The van der Waals surface area contributed by atoms with Gasteiger partial charge in [0.2, 0.25) is 0 Å². The Morgan fingerprint density at radius 3 is 2.29 bits per heavy atom. The third kappa shape index (κ3) is 4.70. The molecule has 130 valence electrons. The van der Waals surface area contributed by atoms with Gasteiger partial charge in [-0.25, -0.2) is 0 Å². The van der Waals surface area contributed by atoms with E-state index in [1.165, 1.54) is 0 Å². The zero-order chi connectivity index (χ0) is 17.7. The van der Waals surface area contributed by atoms with Crippen LogP contribution in [0.25, 0.3) is 0 Å². The Morgan fingerprint density at radius 2 is 1.75 bits per heavy atom. The number of nitrogens with one attached hydrogen (secondary N) is 1. The standard InChI is InChI=1S/C18H21Cl3N2O/c1-3-23(6-7-24)14-4-5-18(12(2)8-14)22-11-15-16(20)9-13(19)10-17(15)21/h4-5,8-10,22,24H,3,6-7,11H2,1-2H3. The maximum absolute atomic E-state index is 9.15. The topological polar surface area (TPSA) is 35.5 Å². The summed E-state index contributed by atoms with van der Waals surface area (Å²) in [5, 5.41) is 14.1. The van der Waals surface area contributed by atoms with Crippen LogP contribution >= 0.6 is 34.8 Å². The van der Waals surface area contributed by atoms with Crippen molar-refractivity contribution in [3.05, 3.63) is 56.5 Å². The van der Waals surface area contributed by atoms with Gasteiger partial charge in [0, 0.05) is 51.6 Å². The molecule has 0 aliphatic carbocycles.